The summed E-state index contributed by atoms with van der Waals surface area (Å²) in [6.45, 7) is 1.57. The van der Waals surface area contributed by atoms with Gasteiger partial charge < -0.3 is 5.32 Å². The molecule has 0 radical (unpaired) electrons. The third-order valence-corrected chi connectivity index (χ3v) is 6.55. The summed E-state index contributed by atoms with van der Waals surface area (Å²) in [5.74, 6) is -0.574. The first-order valence-electron chi connectivity index (χ1n) is 9.41. The normalized spacial score (nSPS) is 19.4. The van der Waals surface area contributed by atoms with E-state index in [1.54, 1.807) is 12.1 Å². The lowest BCUT2D eigenvalue weighted by molar-refractivity contribution is -0.147. The molecular weight excluding hydrogens is 399 g/mol. The molecule has 1 aromatic carbocycles. The second-order valence-electron chi connectivity index (χ2n) is 7.09. The van der Waals surface area contributed by atoms with Crippen molar-refractivity contribution >= 4 is 35.3 Å². The zero-order valence-electron chi connectivity index (χ0n) is 15.3. The molecular formula is C19H21FN4O2S2. The van der Waals surface area contributed by atoms with Gasteiger partial charge in [-0.15, -0.1) is 0 Å². The summed E-state index contributed by atoms with van der Waals surface area (Å²) in [4.78, 5) is 27.2. The predicted octanol–water partition coefficient (Wildman–Crippen LogP) is 2.95. The van der Waals surface area contributed by atoms with Crippen molar-refractivity contribution in [3.05, 3.63) is 30.1 Å². The van der Waals surface area contributed by atoms with Crippen molar-refractivity contribution in [3.8, 4) is 11.3 Å². The van der Waals surface area contributed by atoms with Gasteiger partial charge >= 0.3 is 0 Å². The Labute approximate surface area is 171 Å². The van der Waals surface area contributed by atoms with Crippen LogP contribution in [0.2, 0.25) is 0 Å². The number of aromatic nitrogens is 2. The van der Waals surface area contributed by atoms with Crippen LogP contribution in [0, 0.1) is 11.7 Å². The summed E-state index contributed by atoms with van der Waals surface area (Å²) in [7, 11) is 0. The Bertz CT molecular complexity index is 865. The van der Waals surface area contributed by atoms with Gasteiger partial charge in [-0.1, -0.05) is 23.9 Å². The topological polar surface area (TPSA) is 75.2 Å². The number of hydrogen-bond donors (Lipinski definition) is 1. The largest absolute Gasteiger partial charge is 0.316 e. The first-order valence-corrected chi connectivity index (χ1v) is 11.1. The number of piperidine rings is 1. The number of carbonyl (C=O) groups excluding carboxylic acids is 2. The molecule has 1 atom stereocenters. The lowest BCUT2D eigenvalue weighted by atomic mass is 9.98. The van der Waals surface area contributed by atoms with Crippen LogP contribution in [0.4, 0.5) is 4.39 Å². The number of rotatable bonds is 6. The van der Waals surface area contributed by atoms with Crippen molar-refractivity contribution in [2.75, 3.05) is 18.8 Å². The zero-order valence-corrected chi connectivity index (χ0v) is 16.9. The second-order valence-corrected chi connectivity index (χ2v) is 8.59. The molecule has 2 aromatic rings. The highest BCUT2D eigenvalue weighted by atomic mass is 32.2. The minimum atomic E-state index is -0.343. The molecule has 0 spiro atoms. The highest BCUT2D eigenvalue weighted by Crippen LogP contribution is 2.33. The van der Waals surface area contributed by atoms with Crippen molar-refractivity contribution < 1.29 is 14.0 Å². The molecule has 1 aromatic heterocycles. The molecule has 2 heterocycles. The van der Waals surface area contributed by atoms with E-state index < -0.39 is 0 Å². The Morgan fingerprint density at radius 1 is 1.29 bits per heavy atom. The summed E-state index contributed by atoms with van der Waals surface area (Å²) < 4.78 is 22.0. The van der Waals surface area contributed by atoms with Gasteiger partial charge in [0.1, 0.15) is 16.5 Å². The van der Waals surface area contributed by atoms with E-state index in [-0.39, 0.29) is 35.3 Å². The molecule has 2 aliphatic rings. The van der Waals surface area contributed by atoms with E-state index in [0.29, 0.717) is 22.8 Å². The average Bonchev–Trinajstić information content (AvgIpc) is 3.42. The van der Waals surface area contributed by atoms with Crippen molar-refractivity contribution in [2.45, 2.75) is 36.8 Å². The predicted molar refractivity (Wildman–Crippen MR) is 106 cm³/mol. The quantitative estimate of drug-likeness (QED) is 0.725. The molecule has 6 nitrogen and oxygen atoms in total. The molecule has 1 N–H and O–H groups in total. The molecule has 1 saturated carbocycles. The fraction of sp³-hybridized carbons (Fsp3) is 0.474. The lowest BCUT2D eigenvalue weighted by Crippen LogP contribution is -2.47. The van der Waals surface area contributed by atoms with Crippen LogP contribution in [0.1, 0.15) is 25.7 Å². The molecule has 0 bridgehead atoms. The summed E-state index contributed by atoms with van der Waals surface area (Å²) in [5.41, 5.74) is 1.20. The Kier molecular flexibility index (Phi) is 6.03. The molecule has 1 aliphatic carbocycles. The van der Waals surface area contributed by atoms with Crippen LogP contribution in [0.25, 0.3) is 11.3 Å². The van der Waals surface area contributed by atoms with Crippen LogP contribution >= 0.6 is 23.5 Å². The Balaban J connectivity index is 1.43. The SMILES string of the molecule is O=C(CSc1nsnc1-c1cccc(F)c1)N(C(=O)C1CCCNC1)C1CC1. The first kappa shape index (κ1) is 19.5. The maximum Gasteiger partial charge on any atom is 0.239 e. The van der Waals surface area contributed by atoms with E-state index >= 15 is 0 Å². The maximum absolute atomic E-state index is 13.5. The summed E-state index contributed by atoms with van der Waals surface area (Å²) in [6, 6.07) is 6.20. The number of nitrogens with zero attached hydrogens (tertiary/aromatic N) is 3. The number of carbonyl (C=O) groups is 2. The average molecular weight is 421 g/mol. The fourth-order valence-corrected chi connectivity index (χ4v) is 4.93. The number of imide groups is 1. The van der Waals surface area contributed by atoms with Crippen LogP contribution in [-0.2, 0) is 9.59 Å². The van der Waals surface area contributed by atoms with E-state index in [4.69, 9.17) is 0 Å². The van der Waals surface area contributed by atoms with Crippen LogP contribution in [0.15, 0.2) is 29.3 Å². The number of nitrogens with one attached hydrogen (secondary N) is 1. The van der Waals surface area contributed by atoms with Crippen molar-refractivity contribution in [1.29, 1.82) is 0 Å². The molecule has 4 rings (SSSR count). The van der Waals surface area contributed by atoms with Gasteiger partial charge in [0.05, 0.1) is 23.4 Å². The maximum atomic E-state index is 13.5. The van der Waals surface area contributed by atoms with Crippen molar-refractivity contribution in [2.24, 2.45) is 5.92 Å². The molecule has 1 unspecified atom stereocenters. The van der Waals surface area contributed by atoms with Gasteiger partial charge in [-0.05, 0) is 44.4 Å². The molecule has 2 fully saturated rings. The molecule has 28 heavy (non-hydrogen) atoms. The molecule has 9 heteroatoms. The van der Waals surface area contributed by atoms with Crippen molar-refractivity contribution in [1.82, 2.24) is 19.0 Å². The number of amides is 2. The molecule has 2 amide bonds. The van der Waals surface area contributed by atoms with E-state index in [0.717, 1.165) is 44.0 Å². The summed E-state index contributed by atoms with van der Waals surface area (Å²) >= 11 is 2.29. The highest BCUT2D eigenvalue weighted by Gasteiger charge is 2.40. The van der Waals surface area contributed by atoms with Gasteiger partial charge in [0.25, 0.3) is 0 Å². The monoisotopic (exact) mass is 420 g/mol. The molecule has 1 saturated heterocycles. The van der Waals surface area contributed by atoms with Crippen LogP contribution in [0.5, 0.6) is 0 Å². The second kappa shape index (κ2) is 8.67. The third-order valence-electron chi connectivity index (χ3n) is 4.95. The standard InChI is InChI=1S/C19H21FN4O2S2/c20-14-5-1-3-12(9-14)17-18(23-28-22-17)27-11-16(25)24(15-6-7-15)19(26)13-4-2-8-21-10-13/h1,3,5,9,13,15,21H,2,4,6-8,10-11H2. The number of halogens is 1. The first-order chi connectivity index (χ1) is 13.6. The third kappa shape index (κ3) is 4.42. The van der Waals surface area contributed by atoms with Crippen LogP contribution in [0.3, 0.4) is 0 Å². The van der Waals surface area contributed by atoms with Gasteiger partial charge in [-0.2, -0.15) is 8.75 Å². The number of thioether (sulfide) groups is 1. The zero-order chi connectivity index (χ0) is 19.5. The van der Waals surface area contributed by atoms with Gasteiger partial charge in [0.15, 0.2) is 0 Å². The van der Waals surface area contributed by atoms with Crippen LogP contribution in [-0.4, -0.2) is 50.3 Å². The Morgan fingerprint density at radius 2 is 2.14 bits per heavy atom. The number of hydrogen-bond acceptors (Lipinski definition) is 7. The Morgan fingerprint density at radius 3 is 2.86 bits per heavy atom. The van der Waals surface area contributed by atoms with Crippen LogP contribution < -0.4 is 5.32 Å². The van der Waals surface area contributed by atoms with Gasteiger partial charge in [0.2, 0.25) is 11.8 Å². The van der Waals surface area contributed by atoms with Gasteiger partial charge in [-0.3, -0.25) is 14.5 Å². The smallest absolute Gasteiger partial charge is 0.239 e. The minimum absolute atomic E-state index is 0.0405. The van der Waals surface area contributed by atoms with E-state index in [1.165, 1.54) is 28.8 Å². The van der Waals surface area contributed by atoms with Gasteiger partial charge in [0, 0.05) is 18.2 Å². The highest BCUT2D eigenvalue weighted by molar-refractivity contribution is 8.00. The lowest BCUT2D eigenvalue weighted by Gasteiger charge is -2.28. The fourth-order valence-electron chi connectivity index (χ4n) is 3.39. The molecule has 1 aliphatic heterocycles. The van der Waals surface area contributed by atoms with E-state index in [1.807, 2.05) is 0 Å². The van der Waals surface area contributed by atoms with Gasteiger partial charge in [-0.25, -0.2) is 4.39 Å². The van der Waals surface area contributed by atoms with E-state index in [2.05, 4.69) is 14.1 Å². The summed E-state index contributed by atoms with van der Waals surface area (Å²) in [6.07, 6.45) is 3.55. The Hall–Kier alpha value is -1.84. The van der Waals surface area contributed by atoms with E-state index in [9.17, 15) is 14.0 Å². The number of benzene rings is 1. The summed E-state index contributed by atoms with van der Waals surface area (Å²) in [5, 5.41) is 3.83. The minimum Gasteiger partial charge on any atom is -0.316 e. The molecule has 148 valence electrons. The van der Waals surface area contributed by atoms with Crippen molar-refractivity contribution in [3.63, 3.8) is 0 Å².